The molecular formula is C35H39F2N7O4. The SMILES string of the molecule is CCc1c(F)ccc2cc(O)cc(N3CCc4c(nc(OC[C@@]56CCCN5C/C(=C\F)C6)nc4N4CCCC5(C4)NC(=O)NC5=O)C3)c12. The van der Waals surface area contributed by atoms with Crippen LogP contribution in [0.4, 0.5) is 25.1 Å². The highest BCUT2D eigenvalue weighted by Crippen LogP contribution is 2.43. The van der Waals surface area contributed by atoms with Crippen LogP contribution in [0.5, 0.6) is 11.8 Å². The van der Waals surface area contributed by atoms with Crippen molar-refractivity contribution >= 4 is 34.2 Å². The van der Waals surface area contributed by atoms with Crippen molar-refractivity contribution in [2.24, 2.45) is 0 Å². The molecule has 5 aliphatic rings. The second-order valence-electron chi connectivity index (χ2n) is 13.9. The number of rotatable bonds is 6. The van der Waals surface area contributed by atoms with Crippen LogP contribution in [-0.2, 0) is 24.2 Å². The number of nitrogens with one attached hydrogen (secondary N) is 2. The minimum atomic E-state index is -1.04. The highest BCUT2D eigenvalue weighted by atomic mass is 19.1. The van der Waals surface area contributed by atoms with E-state index in [1.54, 1.807) is 18.2 Å². The third-order valence-corrected chi connectivity index (χ3v) is 11.0. The van der Waals surface area contributed by atoms with Crippen LogP contribution in [0, 0.1) is 5.82 Å². The van der Waals surface area contributed by atoms with Crippen molar-refractivity contribution in [1.82, 2.24) is 25.5 Å². The van der Waals surface area contributed by atoms with E-state index in [0.717, 1.165) is 52.7 Å². The predicted molar refractivity (Wildman–Crippen MR) is 175 cm³/mol. The number of phenols is 1. The van der Waals surface area contributed by atoms with Gasteiger partial charge in [0, 0.05) is 42.3 Å². The molecule has 13 heteroatoms. The lowest BCUT2D eigenvalue weighted by Crippen LogP contribution is -2.59. The molecule has 8 rings (SSSR count). The molecule has 5 aliphatic heterocycles. The third kappa shape index (κ3) is 5.01. The number of ether oxygens (including phenoxy) is 1. The zero-order valence-electron chi connectivity index (χ0n) is 27.0. The number of urea groups is 1. The van der Waals surface area contributed by atoms with Crippen LogP contribution in [-0.4, -0.2) is 82.3 Å². The van der Waals surface area contributed by atoms with Gasteiger partial charge in [0.05, 0.1) is 30.7 Å². The van der Waals surface area contributed by atoms with Gasteiger partial charge in [0.2, 0.25) is 0 Å². The van der Waals surface area contributed by atoms with Crippen LogP contribution in [0.25, 0.3) is 10.8 Å². The summed E-state index contributed by atoms with van der Waals surface area (Å²) in [5.41, 5.74) is 2.39. The van der Waals surface area contributed by atoms with Gasteiger partial charge in [-0.25, -0.2) is 13.6 Å². The second-order valence-corrected chi connectivity index (χ2v) is 13.9. The first-order chi connectivity index (χ1) is 23.2. The Morgan fingerprint density at radius 3 is 2.73 bits per heavy atom. The lowest BCUT2D eigenvalue weighted by Gasteiger charge is -2.40. The summed E-state index contributed by atoms with van der Waals surface area (Å²) < 4.78 is 35.0. The van der Waals surface area contributed by atoms with Gasteiger partial charge in [0.1, 0.15) is 29.5 Å². The Hall–Kier alpha value is -4.52. The number of piperidine rings is 1. The number of phenolic OH excluding ortho intramolecular Hbond substituents is 1. The van der Waals surface area contributed by atoms with E-state index in [1.807, 2.05) is 11.8 Å². The van der Waals surface area contributed by atoms with E-state index in [-0.39, 0.29) is 35.6 Å². The molecule has 11 nitrogen and oxygen atoms in total. The summed E-state index contributed by atoms with van der Waals surface area (Å²) in [6.45, 7) is 5.52. The van der Waals surface area contributed by atoms with Crippen molar-refractivity contribution in [2.75, 3.05) is 49.1 Å². The monoisotopic (exact) mass is 659 g/mol. The molecule has 0 saturated carbocycles. The maximum absolute atomic E-state index is 15.0. The predicted octanol–water partition coefficient (Wildman–Crippen LogP) is 4.25. The van der Waals surface area contributed by atoms with E-state index in [4.69, 9.17) is 14.7 Å². The Bertz CT molecular complexity index is 1870. The smallest absolute Gasteiger partial charge is 0.322 e. The van der Waals surface area contributed by atoms with Gasteiger partial charge < -0.3 is 25.0 Å². The maximum Gasteiger partial charge on any atom is 0.322 e. The summed E-state index contributed by atoms with van der Waals surface area (Å²) in [7, 11) is 0. The van der Waals surface area contributed by atoms with Crippen molar-refractivity contribution in [3.05, 3.63) is 58.8 Å². The Morgan fingerprint density at radius 1 is 1.08 bits per heavy atom. The largest absolute Gasteiger partial charge is 0.508 e. The number of imide groups is 1. The molecule has 3 amide bonds. The molecule has 1 spiro atoms. The number of hydrogen-bond donors (Lipinski definition) is 3. The Kier molecular flexibility index (Phi) is 7.42. The molecule has 1 aromatic heterocycles. The lowest BCUT2D eigenvalue weighted by atomic mass is 9.88. The highest BCUT2D eigenvalue weighted by Gasteiger charge is 2.50. The molecule has 4 fully saturated rings. The fraction of sp³-hybridized carbons (Fsp3) is 0.486. The van der Waals surface area contributed by atoms with Gasteiger partial charge in [-0.3, -0.25) is 15.0 Å². The maximum atomic E-state index is 15.0. The van der Waals surface area contributed by atoms with Crippen LogP contribution in [0.15, 0.2) is 36.2 Å². The van der Waals surface area contributed by atoms with Crippen LogP contribution < -0.4 is 25.2 Å². The standard InChI is InChI=1S/C35H39F2N7O4/c1-2-24-26(37)6-5-22-13-23(45)14-28(29(22)24)42-12-7-25-27(18-42)38-33(48-20-34-8-3-11-44(34)17-21(15-34)16-36)39-30(25)43-10-4-9-35(19-43)31(46)40-32(47)41-35/h5-6,13-14,16,45H,2-4,7-12,15,17-20H2,1H3,(H2,40,41,46,47)/b21-16-/t34-,35?/m0/s1. The fourth-order valence-electron chi connectivity index (χ4n) is 8.70. The van der Waals surface area contributed by atoms with E-state index < -0.39 is 11.6 Å². The first-order valence-corrected chi connectivity index (χ1v) is 16.8. The van der Waals surface area contributed by atoms with E-state index in [9.17, 15) is 19.1 Å². The summed E-state index contributed by atoms with van der Waals surface area (Å²) in [4.78, 5) is 41.4. The van der Waals surface area contributed by atoms with Crippen molar-refractivity contribution in [3.8, 4) is 11.8 Å². The Morgan fingerprint density at radius 2 is 1.94 bits per heavy atom. The number of halogens is 2. The average Bonchev–Trinajstić information content (AvgIpc) is 3.72. The van der Waals surface area contributed by atoms with Crippen LogP contribution in [0.3, 0.4) is 0 Å². The second kappa shape index (κ2) is 11.6. The number of aromatic hydroxyl groups is 1. The number of carbonyl (C=O) groups excluding carboxylic acids is 2. The molecule has 0 radical (unpaired) electrons. The summed E-state index contributed by atoms with van der Waals surface area (Å²) in [5, 5.41) is 17.5. The van der Waals surface area contributed by atoms with Crippen LogP contribution in [0.2, 0.25) is 0 Å². The number of aryl methyl sites for hydroxylation is 1. The zero-order chi connectivity index (χ0) is 33.2. The van der Waals surface area contributed by atoms with Gasteiger partial charge in [-0.1, -0.05) is 13.0 Å². The fourth-order valence-corrected chi connectivity index (χ4v) is 8.70. The van der Waals surface area contributed by atoms with Gasteiger partial charge in [0.15, 0.2) is 0 Å². The molecule has 0 aliphatic carbocycles. The number of anilines is 2. The summed E-state index contributed by atoms with van der Waals surface area (Å²) in [6.07, 6.45) is 5.46. The molecule has 3 aromatic rings. The van der Waals surface area contributed by atoms with Crippen molar-refractivity contribution in [3.63, 3.8) is 0 Å². The quantitative estimate of drug-likeness (QED) is 0.334. The molecule has 4 saturated heterocycles. The molecule has 1 unspecified atom stereocenters. The highest BCUT2D eigenvalue weighted by molar-refractivity contribution is 6.07. The first kappa shape index (κ1) is 30.8. The Labute approximate surface area is 276 Å². The van der Waals surface area contributed by atoms with Crippen molar-refractivity contribution in [1.29, 1.82) is 0 Å². The van der Waals surface area contributed by atoms with Crippen molar-refractivity contribution in [2.45, 2.75) is 69.5 Å². The van der Waals surface area contributed by atoms with Crippen molar-refractivity contribution < 1.29 is 28.2 Å². The molecular weight excluding hydrogens is 620 g/mol. The van der Waals surface area contributed by atoms with Crippen LogP contribution in [0.1, 0.15) is 55.8 Å². The van der Waals surface area contributed by atoms with E-state index in [1.165, 1.54) is 6.07 Å². The number of nitrogens with zero attached hydrogens (tertiary/aromatic N) is 5. The minimum Gasteiger partial charge on any atom is -0.508 e. The third-order valence-electron chi connectivity index (χ3n) is 11.0. The number of hydrogen-bond acceptors (Lipinski definition) is 9. The van der Waals surface area contributed by atoms with Crippen LogP contribution >= 0.6 is 0 Å². The molecule has 6 heterocycles. The molecule has 252 valence electrons. The molecule has 2 atom stereocenters. The first-order valence-electron chi connectivity index (χ1n) is 16.8. The zero-order valence-corrected chi connectivity index (χ0v) is 27.0. The summed E-state index contributed by atoms with van der Waals surface area (Å²) in [6, 6.07) is 6.18. The number of aromatic nitrogens is 2. The number of benzene rings is 2. The normalized spacial score (nSPS) is 26.4. The summed E-state index contributed by atoms with van der Waals surface area (Å²) in [5.74, 6) is 0.143. The lowest BCUT2D eigenvalue weighted by molar-refractivity contribution is -0.124. The topological polar surface area (TPSA) is 123 Å². The van der Waals surface area contributed by atoms with E-state index in [0.29, 0.717) is 82.6 Å². The Balaban J connectivity index is 1.17. The molecule has 2 aromatic carbocycles. The molecule has 48 heavy (non-hydrogen) atoms. The van der Waals surface area contributed by atoms with Gasteiger partial charge in [-0.05, 0) is 80.1 Å². The molecule has 0 bridgehead atoms. The van der Waals surface area contributed by atoms with E-state index in [2.05, 4.69) is 20.4 Å². The number of carbonyl (C=O) groups is 2. The number of amides is 3. The van der Waals surface area contributed by atoms with E-state index >= 15 is 4.39 Å². The van der Waals surface area contributed by atoms with Gasteiger partial charge in [-0.15, -0.1) is 0 Å². The number of fused-ring (bicyclic) bond motifs is 3. The van der Waals surface area contributed by atoms with Gasteiger partial charge >= 0.3 is 12.0 Å². The van der Waals surface area contributed by atoms with Gasteiger partial charge in [0.25, 0.3) is 5.91 Å². The average molecular weight is 660 g/mol. The summed E-state index contributed by atoms with van der Waals surface area (Å²) >= 11 is 0. The van der Waals surface area contributed by atoms with Gasteiger partial charge in [-0.2, -0.15) is 9.97 Å². The molecule has 3 N–H and O–H groups in total. The minimum absolute atomic E-state index is 0.0958.